The molecule has 12 heteroatoms. The number of nitrogens with one attached hydrogen (secondary N) is 1. The molecule has 1 saturated heterocycles. The molecule has 12 nitrogen and oxygen atoms in total. The minimum Gasteiger partial charge on any atom is -0.497 e. The predicted molar refractivity (Wildman–Crippen MR) is 133 cm³/mol. The smallest absolute Gasteiger partial charge is 0.238 e. The lowest BCUT2D eigenvalue weighted by Gasteiger charge is -2.27. The Labute approximate surface area is 209 Å². The van der Waals surface area contributed by atoms with Gasteiger partial charge in [-0.1, -0.05) is 12.1 Å². The second-order valence-electron chi connectivity index (χ2n) is 9.22. The van der Waals surface area contributed by atoms with Crippen LogP contribution in [0.15, 0.2) is 36.9 Å². The lowest BCUT2D eigenvalue weighted by Crippen LogP contribution is -2.54. The zero-order valence-electron chi connectivity index (χ0n) is 21.1. The molecule has 0 saturated carbocycles. The van der Waals surface area contributed by atoms with Gasteiger partial charge < -0.3 is 29.9 Å². The molecule has 1 fully saturated rings. The molecule has 3 N–H and O–H groups in total. The molecule has 1 aliphatic heterocycles. The minimum absolute atomic E-state index is 0.282. The average molecular weight is 500 g/mol. The number of hydrogen-bond donors (Lipinski definition) is 3. The van der Waals surface area contributed by atoms with Crippen LogP contribution in [0.3, 0.4) is 0 Å². The average Bonchev–Trinajstić information content (AvgIpc) is 3.43. The third-order valence-corrected chi connectivity index (χ3v) is 6.42. The van der Waals surface area contributed by atoms with E-state index in [1.54, 1.807) is 11.7 Å². The number of aromatic nitrogens is 4. The normalized spacial score (nSPS) is 22.7. The van der Waals surface area contributed by atoms with Crippen LogP contribution in [0, 0.1) is 0 Å². The molecule has 194 valence electrons. The molecule has 0 aliphatic carbocycles. The van der Waals surface area contributed by atoms with E-state index in [4.69, 9.17) is 9.47 Å². The molecule has 3 aromatic rings. The van der Waals surface area contributed by atoms with Gasteiger partial charge in [-0.25, -0.2) is 15.0 Å². The topological polar surface area (TPSA) is 138 Å². The van der Waals surface area contributed by atoms with E-state index < -0.39 is 30.5 Å². The van der Waals surface area contributed by atoms with Gasteiger partial charge in [0.1, 0.15) is 24.3 Å². The van der Waals surface area contributed by atoms with Crippen LogP contribution in [0.1, 0.15) is 11.8 Å². The van der Waals surface area contributed by atoms with Crippen molar-refractivity contribution in [3.05, 3.63) is 42.5 Å². The van der Waals surface area contributed by atoms with E-state index in [1.807, 2.05) is 62.3 Å². The number of carbonyl (C=O) groups excluding carboxylic acids is 1. The quantitative estimate of drug-likeness (QED) is 0.363. The maximum atomic E-state index is 13.3. The van der Waals surface area contributed by atoms with Gasteiger partial charge in [-0.2, -0.15) is 0 Å². The summed E-state index contributed by atoms with van der Waals surface area (Å²) in [7, 11) is 8.94. The number of aliphatic hydroxyl groups is 2. The molecule has 1 amide bonds. The Morgan fingerprint density at radius 1 is 1.19 bits per heavy atom. The highest BCUT2D eigenvalue weighted by molar-refractivity contribution is 5.83. The highest BCUT2D eigenvalue weighted by Gasteiger charge is 2.46. The summed E-state index contributed by atoms with van der Waals surface area (Å²) in [4.78, 5) is 29.9. The second kappa shape index (κ2) is 10.7. The number of likely N-dealkylation sites (N-methyl/N-ethyl adjacent to an activating group) is 1. The number of nitrogens with zero attached hydrogens (tertiary/aromatic N) is 6. The zero-order valence-corrected chi connectivity index (χ0v) is 21.1. The van der Waals surface area contributed by atoms with Gasteiger partial charge in [-0.05, 0) is 38.2 Å². The first-order valence-electron chi connectivity index (χ1n) is 11.6. The van der Waals surface area contributed by atoms with E-state index >= 15 is 0 Å². The van der Waals surface area contributed by atoms with E-state index in [0.29, 0.717) is 23.4 Å². The van der Waals surface area contributed by atoms with Gasteiger partial charge in [0, 0.05) is 14.1 Å². The number of carbonyl (C=O) groups is 1. The van der Waals surface area contributed by atoms with Crippen LogP contribution >= 0.6 is 0 Å². The first kappa shape index (κ1) is 25.8. The first-order chi connectivity index (χ1) is 17.2. The molecule has 1 aliphatic rings. The van der Waals surface area contributed by atoms with Crippen molar-refractivity contribution in [3.63, 3.8) is 0 Å². The van der Waals surface area contributed by atoms with Crippen LogP contribution in [0.2, 0.25) is 0 Å². The van der Waals surface area contributed by atoms with Gasteiger partial charge in [0.25, 0.3) is 0 Å². The Morgan fingerprint density at radius 2 is 1.92 bits per heavy atom. The van der Waals surface area contributed by atoms with Crippen molar-refractivity contribution in [3.8, 4) is 5.75 Å². The molecular formula is C24H33N7O5. The molecule has 0 bridgehead atoms. The van der Waals surface area contributed by atoms with Crippen molar-refractivity contribution in [2.24, 2.45) is 0 Å². The Balaban J connectivity index is 1.54. The van der Waals surface area contributed by atoms with E-state index in [0.717, 1.165) is 11.3 Å². The maximum Gasteiger partial charge on any atom is 0.238 e. The molecule has 0 spiro atoms. The van der Waals surface area contributed by atoms with Gasteiger partial charge in [0.15, 0.2) is 23.2 Å². The molecule has 3 heterocycles. The number of amides is 1. The summed E-state index contributed by atoms with van der Waals surface area (Å²) in [5, 5.41) is 24.1. The molecule has 2 aromatic heterocycles. The molecule has 36 heavy (non-hydrogen) atoms. The molecule has 1 unspecified atom stereocenters. The first-order valence-corrected chi connectivity index (χ1v) is 11.6. The highest BCUT2D eigenvalue weighted by atomic mass is 16.5. The molecule has 1 aromatic carbocycles. The van der Waals surface area contributed by atoms with Crippen LogP contribution in [0.25, 0.3) is 11.2 Å². The minimum atomic E-state index is -1.15. The van der Waals surface area contributed by atoms with E-state index in [-0.39, 0.29) is 12.5 Å². The fraction of sp³-hybridized carbons (Fsp3) is 0.500. The van der Waals surface area contributed by atoms with Gasteiger partial charge >= 0.3 is 0 Å². The summed E-state index contributed by atoms with van der Waals surface area (Å²) in [6.07, 6.45) is 0.527. The number of benzene rings is 1. The van der Waals surface area contributed by atoms with Crippen molar-refractivity contribution in [2.45, 2.75) is 36.9 Å². The molecular weight excluding hydrogens is 466 g/mol. The Bertz CT molecular complexity index is 1180. The number of anilines is 1. The Hall–Kier alpha value is -3.32. The number of rotatable bonds is 9. The summed E-state index contributed by atoms with van der Waals surface area (Å²) in [6.45, 7) is -0.381. The van der Waals surface area contributed by atoms with Gasteiger partial charge in [0.05, 0.1) is 32.1 Å². The summed E-state index contributed by atoms with van der Waals surface area (Å²) in [5.41, 5.74) is 2.00. The predicted octanol–water partition coefficient (Wildman–Crippen LogP) is -0.191. The summed E-state index contributed by atoms with van der Waals surface area (Å²) in [6, 6.07) is 6.18. The van der Waals surface area contributed by atoms with Gasteiger partial charge in [-0.15, -0.1) is 0 Å². The van der Waals surface area contributed by atoms with Crippen LogP contribution in [-0.2, 0) is 16.0 Å². The fourth-order valence-electron chi connectivity index (χ4n) is 4.41. The van der Waals surface area contributed by atoms with Crippen LogP contribution in [0.5, 0.6) is 5.75 Å². The lowest BCUT2D eigenvalue weighted by molar-refractivity contribution is -0.127. The van der Waals surface area contributed by atoms with E-state index in [9.17, 15) is 15.0 Å². The largest absolute Gasteiger partial charge is 0.497 e. The summed E-state index contributed by atoms with van der Waals surface area (Å²) < 4.78 is 12.8. The van der Waals surface area contributed by atoms with Crippen molar-refractivity contribution >= 4 is 22.9 Å². The van der Waals surface area contributed by atoms with Crippen LogP contribution < -0.4 is 15.0 Å². The monoisotopic (exact) mass is 499 g/mol. The second-order valence-corrected chi connectivity index (χ2v) is 9.22. The SMILES string of the molecule is COc1ccc(CC(C(=O)N[C@H]2[C@H](O)[C@@H](n3cnc4c(N(C)C)ncnc43)O[C@H]2CO)N(C)C)cc1. The summed E-state index contributed by atoms with van der Waals surface area (Å²) in [5.74, 6) is 1.08. The Morgan fingerprint density at radius 3 is 2.53 bits per heavy atom. The number of hydrogen-bond acceptors (Lipinski definition) is 10. The highest BCUT2D eigenvalue weighted by Crippen LogP contribution is 2.32. The van der Waals surface area contributed by atoms with Crippen molar-refractivity contribution in [1.82, 2.24) is 29.7 Å². The van der Waals surface area contributed by atoms with Crippen LogP contribution in [0.4, 0.5) is 5.82 Å². The third-order valence-electron chi connectivity index (χ3n) is 6.42. The molecule has 5 atom stereocenters. The zero-order chi connectivity index (χ0) is 26.0. The van der Waals surface area contributed by atoms with Crippen LogP contribution in [-0.4, -0.2) is 107 Å². The Kier molecular flexibility index (Phi) is 7.69. The molecule has 4 rings (SSSR count). The number of imidazole rings is 1. The number of methoxy groups -OCH3 is 1. The van der Waals surface area contributed by atoms with E-state index in [1.165, 1.54) is 12.7 Å². The van der Waals surface area contributed by atoms with Gasteiger partial charge in [-0.3, -0.25) is 14.3 Å². The summed E-state index contributed by atoms with van der Waals surface area (Å²) >= 11 is 0. The number of aliphatic hydroxyl groups excluding tert-OH is 2. The maximum absolute atomic E-state index is 13.3. The third kappa shape index (κ3) is 4.98. The standard InChI is InChI=1S/C24H33N7O5/c1-29(2)16(10-14-6-8-15(35-5)9-7-14)23(34)28-18-17(11-32)36-24(20(18)33)31-13-27-19-21(30(3)4)25-12-26-22(19)31/h6-9,12-13,16-18,20,24,32-33H,10-11H2,1-5H3,(H,28,34)/t16?,17-,18+,20-,24-/m0/s1. The van der Waals surface area contributed by atoms with E-state index in [2.05, 4.69) is 20.3 Å². The molecule has 0 radical (unpaired) electrons. The number of ether oxygens (including phenoxy) is 2. The van der Waals surface area contributed by atoms with Crippen molar-refractivity contribution in [2.75, 3.05) is 46.8 Å². The number of fused-ring (bicyclic) bond motifs is 1. The van der Waals surface area contributed by atoms with Gasteiger partial charge in [0.2, 0.25) is 5.91 Å². The lowest BCUT2D eigenvalue weighted by atomic mass is 10.0. The van der Waals surface area contributed by atoms with Crippen molar-refractivity contribution < 1.29 is 24.5 Å². The fourth-order valence-corrected chi connectivity index (χ4v) is 4.41. The van der Waals surface area contributed by atoms with Crippen molar-refractivity contribution in [1.29, 1.82) is 0 Å².